The molecule has 34 heavy (non-hydrogen) atoms. The summed E-state index contributed by atoms with van der Waals surface area (Å²) in [6.45, 7) is 5.61. The number of aryl methyl sites for hydroxylation is 1. The van der Waals surface area contributed by atoms with Crippen molar-refractivity contribution in [2.75, 3.05) is 6.61 Å². The van der Waals surface area contributed by atoms with Crippen molar-refractivity contribution in [2.24, 2.45) is 0 Å². The van der Waals surface area contributed by atoms with E-state index in [1.807, 2.05) is 0 Å². The Kier molecular flexibility index (Phi) is 8.90. The number of carbonyl (C=O) groups excluding carboxylic acids is 4. The van der Waals surface area contributed by atoms with Gasteiger partial charge in [0, 0.05) is 39.8 Å². The summed E-state index contributed by atoms with van der Waals surface area (Å²) in [5.41, 5.74) is 0.188. The van der Waals surface area contributed by atoms with Gasteiger partial charge in [-0.15, -0.1) is 0 Å². The lowest BCUT2D eigenvalue weighted by Crippen LogP contribution is -2.63. The van der Waals surface area contributed by atoms with Crippen LogP contribution in [0.3, 0.4) is 0 Å². The van der Waals surface area contributed by atoms with Crippen LogP contribution in [0.1, 0.15) is 33.3 Å². The van der Waals surface area contributed by atoms with Gasteiger partial charge >= 0.3 is 23.9 Å². The molecule has 1 aliphatic heterocycles. The Morgan fingerprint density at radius 2 is 1.47 bits per heavy atom. The number of non-ortho nitro benzene ring substituents is 1. The molecule has 0 N–H and O–H groups in total. The van der Waals surface area contributed by atoms with E-state index < -0.39 is 66.1 Å². The lowest BCUT2D eigenvalue weighted by molar-refractivity contribution is -0.384. The van der Waals surface area contributed by atoms with Gasteiger partial charge in [0.15, 0.2) is 12.2 Å². The van der Waals surface area contributed by atoms with E-state index in [9.17, 15) is 29.3 Å². The van der Waals surface area contributed by atoms with E-state index in [0.29, 0.717) is 5.56 Å². The highest BCUT2D eigenvalue weighted by Gasteiger charge is 2.53. The Bertz CT molecular complexity index is 961. The van der Waals surface area contributed by atoms with E-state index in [1.165, 1.54) is 18.2 Å². The van der Waals surface area contributed by atoms with Gasteiger partial charge in [-0.1, -0.05) is 0 Å². The average molecular weight is 483 g/mol. The van der Waals surface area contributed by atoms with Crippen LogP contribution in [0.4, 0.5) is 5.69 Å². The average Bonchev–Trinajstić information content (AvgIpc) is 2.71. The zero-order valence-corrected chi connectivity index (χ0v) is 19.2. The van der Waals surface area contributed by atoms with Crippen LogP contribution in [0.2, 0.25) is 0 Å². The molecule has 1 aromatic carbocycles. The summed E-state index contributed by atoms with van der Waals surface area (Å²) in [6.07, 6.45) is -6.71. The summed E-state index contributed by atoms with van der Waals surface area (Å²) < 4.78 is 32.6. The Hall–Kier alpha value is -3.74. The molecule has 0 amide bonds. The molecule has 0 unspecified atom stereocenters. The fraction of sp³-hybridized carbons (Fsp3) is 0.524. The van der Waals surface area contributed by atoms with Crippen molar-refractivity contribution in [3.05, 3.63) is 33.9 Å². The third kappa shape index (κ3) is 7.13. The molecule has 13 heteroatoms. The van der Waals surface area contributed by atoms with E-state index in [1.54, 1.807) is 6.92 Å². The second-order valence-corrected chi connectivity index (χ2v) is 7.39. The Morgan fingerprint density at radius 1 is 0.912 bits per heavy atom. The molecule has 0 aliphatic carbocycles. The highest BCUT2D eigenvalue weighted by Crippen LogP contribution is 2.32. The number of rotatable bonds is 8. The van der Waals surface area contributed by atoms with Crippen LogP contribution >= 0.6 is 0 Å². The number of hydrogen-bond donors (Lipinski definition) is 0. The molecule has 1 aromatic rings. The third-order valence-corrected chi connectivity index (χ3v) is 4.56. The van der Waals surface area contributed by atoms with Gasteiger partial charge in [-0.05, 0) is 18.6 Å². The molecule has 0 aromatic heterocycles. The molecule has 0 bridgehead atoms. The number of ether oxygens (including phenoxy) is 6. The predicted octanol–water partition coefficient (Wildman–Crippen LogP) is 1.37. The largest absolute Gasteiger partial charge is 0.463 e. The fourth-order valence-corrected chi connectivity index (χ4v) is 3.29. The van der Waals surface area contributed by atoms with Gasteiger partial charge < -0.3 is 28.4 Å². The maximum atomic E-state index is 11.8. The Morgan fingerprint density at radius 3 is 1.97 bits per heavy atom. The fourth-order valence-electron chi connectivity index (χ4n) is 3.29. The highest BCUT2D eigenvalue weighted by atomic mass is 16.7. The lowest BCUT2D eigenvalue weighted by atomic mass is 9.98. The van der Waals surface area contributed by atoms with E-state index in [4.69, 9.17) is 28.4 Å². The summed E-state index contributed by atoms with van der Waals surface area (Å²) in [5.74, 6) is -2.82. The monoisotopic (exact) mass is 483 g/mol. The first kappa shape index (κ1) is 26.5. The topological polar surface area (TPSA) is 167 Å². The number of hydrogen-bond acceptors (Lipinski definition) is 12. The van der Waals surface area contributed by atoms with Crippen LogP contribution in [0.15, 0.2) is 18.2 Å². The molecule has 1 fully saturated rings. The summed E-state index contributed by atoms with van der Waals surface area (Å²) >= 11 is 0. The molecular weight excluding hydrogens is 458 g/mol. The minimum absolute atomic E-state index is 0.145. The molecule has 5 atom stereocenters. The van der Waals surface area contributed by atoms with Gasteiger partial charge in [0.05, 0.1) is 4.92 Å². The number of esters is 4. The normalized spacial score (nSPS) is 23.9. The van der Waals surface area contributed by atoms with Gasteiger partial charge in [0.25, 0.3) is 5.69 Å². The van der Waals surface area contributed by atoms with E-state index in [-0.39, 0.29) is 11.4 Å². The Balaban J connectivity index is 2.49. The molecule has 1 heterocycles. The number of benzene rings is 1. The van der Waals surface area contributed by atoms with Crippen LogP contribution in [0, 0.1) is 17.0 Å². The first-order valence-electron chi connectivity index (χ1n) is 10.1. The smallest absolute Gasteiger partial charge is 0.303 e. The Labute approximate surface area is 194 Å². The van der Waals surface area contributed by atoms with Crippen molar-refractivity contribution in [2.45, 2.75) is 65.3 Å². The SMILES string of the molecule is CC(=O)OC[C@H]1O[C@@H](Oc2ccc([N+](=O)[O-])cc2C)[C@H](OC(C)=O)[C@@H](OC(C)=O)[C@H]1OC(C)=O. The van der Waals surface area contributed by atoms with Crippen molar-refractivity contribution in [1.82, 2.24) is 0 Å². The first-order valence-corrected chi connectivity index (χ1v) is 10.1. The molecule has 1 saturated heterocycles. The maximum Gasteiger partial charge on any atom is 0.303 e. The number of nitro groups is 1. The number of nitro benzene ring substituents is 1. The lowest BCUT2D eigenvalue weighted by Gasteiger charge is -2.44. The van der Waals surface area contributed by atoms with Gasteiger partial charge in [-0.2, -0.15) is 0 Å². The molecule has 0 spiro atoms. The van der Waals surface area contributed by atoms with Crippen LogP contribution in [-0.4, -0.2) is 66.1 Å². The summed E-state index contributed by atoms with van der Waals surface area (Å²) in [7, 11) is 0. The molecule has 1 aliphatic rings. The number of nitrogens with zero attached hydrogens (tertiary/aromatic N) is 1. The van der Waals surface area contributed by atoms with E-state index >= 15 is 0 Å². The molecule has 2 rings (SSSR count). The highest BCUT2D eigenvalue weighted by molar-refractivity contribution is 5.68. The van der Waals surface area contributed by atoms with Gasteiger partial charge in [0.2, 0.25) is 12.4 Å². The van der Waals surface area contributed by atoms with Crippen molar-refractivity contribution in [1.29, 1.82) is 0 Å². The quantitative estimate of drug-likeness (QED) is 0.226. The standard InChI is InChI=1S/C21H25NO12/c1-10-8-15(22(27)28)6-7-16(10)33-21-20(32-14(5)26)19(31-13(4)25)18(30-12(3)24)17(34-21)9-29-11(2)23/h6-8,17-21H,9H2,1-5H3/t17-,18+,19+,20-,21-/m1/s1. The summed E-state index contributed by atoms with van der Waals surface area (Å²) in [4.78, 5) is 57.2. The minimum Gasteiger partial charge on any atom is -0.463 e. The van der Waals surface area contributed by atoms with Crippen molar-refractivity contribution < 1.29 is 52.5 Å². The third-order valence-electron chi connectivity index (χ3n) is 4.56. The molecule has 0 saturated carbocycles. The van der Waals surface area contributed by atoms with Crippen LogP contribution < -0.4 is 4.74 Å². The molecule has 13 nitrogen and oxygen atoms in total. The first-order chi connectivity index (χ1) is 15.9. The number of carbonyl (C=O) groups is 4. The van der Waals surface area contributed by atoms with Crippen LogP contribution in [-0.2, 0) is 42.9 Å². The minimum atomic E-state index is -1.43. The summed E-state index contributed by atoms with van der Waals surface area (Å²) in [5, 5.41) is 11.0. The van der Waals surface area contributed by atoms with Crippen molar-refractivity contribution >= 4 is 29.6 Å². The zero-order chi connectivity index (χ0) is 25.6. The second kappa shape index (κ2) is 11.4. The van der Waals surface area contributed by atoms with Crippen LogP contribution in [0.25, 0.3) is 0 Å². The molecule has 0 radical (unpaired) electrons. The van der Waals surface area contributed by atoms with Crippen LogP contribution in [0.5, 0.6) is 5.75 Å². The second-order valence-electron chi connectivity index (χ2n) is 7.39. The molecular formula is C21H25NO12. The van der Waals surface area contributed by atoms with Crippen molar-refractivity contribution in [3.8, 4) is 5.75 Å². The van der Waals surface area contributed by atoms with E-state index in [0.717, 1.165) is 27.7 Å². The molecule has 186 valence electrons. The van der Waals surface area contributed by atoms with Gasteiger partial charge in [-0.25, -0.2) is 0 Å². The van der Waals surface area contributed by atoms with E-state index in [2.05, 4.69) is 0 Å². The zero-order valence-electron chi connectivity index (χ0n) is 19.2. The summed E-state index contributed by atoms with van der Waals surface area (Å²) in [6, 6.07) is 3.79. The van der Waals surface area contributed by atoms with Gasteiger partial charge in [-0.3, -0.25) is 29.3 Å². The maximum absolute atomic E-state index is 11.8. The van der Waals surface area contributed by atoms with Crippen molar-refractivity contribution in [3.63, 3.8) is 0 Å². The van der Waals surface area contributed by atoms with Gasteiger partial charge in [0.1, 0.15) is 18.5 Å². The predicted molar refractivity (Wildman–Crippen MR) is 110 cm³/mol.